The summed E-state index contributed by atoms with van der Waals surface area (Å²) >= 11 is 0. The van der Waals surface area contributed by atoms with Crippen molar-refractivity contribution < 1.29 is 4.74 Å². The molecule has 1 saturated carbocycles. The Balaban J connectivity index is 1.70. The zero-order valence-electron chi connectivity index (χ0n) is 13.8. The van der Waals surface area contributed by atoms with Crippen LogP contribution in [0.4, 0.5) is 0 Å². The summed E-state index contributed by atoms with van der Waals surface area (Å²) in [7, 11) is 0. The lowest BCUT2D eigenvalue weighted by Crippen LogP contribution is -2.31. The molecule has 1 aliphatic rings. The van der Waals surface area contributed by atoms with Gasteiger partial charge in [0.05, 0.1) is 0 Å². The maximum atomic E-state index is 5.88. The molecule has 0 saturated heterocycles. The number of ether oxygens (including phenoxy) is 1. The van der Waals surface area contributed by atoms with Gasteiger partial charge in [0, 0.05) is 25.2 Å². The number of benzene rings is 1. The smallest absolute Gasteiger partial charge is 0.119 e. The molecule has 0 heterocycles. The Labute approximate surface area is 129 Å². The van der Waals surface area contributed by atoms with Gasteiger partial charge in [0.25, 0.3) is 0 Å². The molecule has 0 aliphatic heterocycles. The van der Waals surface area contributed by atoms with Crippen LogP contribution in [-0.2, 0) is 6.54 Å². The SMILES string of the molecule is CCCN(CCOc1ccc(CNC(C)C)cc1)C1CC1. The van der Waals surface area contributed by atoms with E-state index in [1.165, 1.54) is 31.4 Å². The molecule has 1 N–H and O–H groups in total. The Morgan fingerprint density at radius 3 is 2.48 bits per heavy atom. The maximum Gasteiger partial charge on any atom is 0.119 e. The number of hydrogen-bond acceptors (Lipinski definition) is 3. The van der Waals surface area contributed by atoms with E-state index in [2.05, 4.69) is 55.3 Å². The third-order valence-electron chi connectivity index (χ3n) is 3.86. The lowest BCUT2D eigenvalue weighted by molar-refractivity contribution is 0.202. The first-order chi connectivity index (χ1) is 10.2. The molecule has 2 rings (SSSR count). The van der Waals surface area contributed by atoms with E-state index in [-0.39, 0.29) is 0 Å². The first-order valence-corrected chi connectivity index (χ1v) is 8.38. The molecule has 1 fully saturated rings. The summed E-state index contributed by atoms with van der Waals surface area (Å²) in [6, 6.07) is 9.81. The first-order valence-electron chi connectivity index (χ1n) is 8.38. The van der Waals surface area contributed by atoms with Gasteiger partial charge in [-0.05, 0) is 43.5 Å². The van der Waals surface area contributed by atoms with Crippen LogP contribution in [0.5, 0.6) is 5.75 Å². The first kappa shape index (κ1) is 16.3. The fourth-order valence-corrected chi connectivity index (χ4v) is 2.51. The van der Waals surface area contributed by atoms with Gasteiger partial charge in [-0.3, -0.25) is 4.90 Å². The fraction of sp³-hybridized carbons (Fsp3) is 0.667. The topological polar surface area (TPSA) is 24.5 Å². The maximum absolute atomic E-state index is 5.88. The summed E-state index contributed by atoms with van der Waals surface area (Å²) in [5.41, 5.74) is 1.31. The number of rotatable bonds is 10. The molecule has 1 aromatic rings. The molecule has 1 aromatic carbocycles. The molecule has 0 amide bonds. The lowest BCUT2D eigenvalue weighted by atomic mass is 10.2. The standard InChI is InChI=1S/C18H30N2O/c1-4-11-20(17-7-8-17)12-13-21-18-9-5-16(6-10-18)14-19-15(2)3/h5-6,9-10,15,17,19H,4,7-8,11-14H2,1-3H3. The third-order valence-corrected chi connectivity index (χ3v) is 3.86. The van der Waals surface area contributed by atoms with E-state index in [1.54, 1.807) is 0 Å². The van der Waals surface area contributed by atoms with Crippen molar-refractivity contribution in [2.24, 2.45) is 0 Å². The van der Waals surface area contributed by atoms with Gasteiger partial charge in [-0.1, -0.05) is 32.9 Å². The molecular formula is C18H30N2O. The Hall–Kier alpha value is -1.06. The molecule has 0 spiro atoms. The van der Waals surface area contributed by atoms with Crippen LogP contribution in [-0.4, -0.2) is 36.7 Å². The Bertz CT molecular complexity index is 398. The second-order valence-electron chi connectivity index (χ2n) is 6.30. The summed E-state index contributed by atoms with van der Waals surface area (Å²) < 4.78 is 5.88. The monoisotopic (exact) mass is 290 g/mol. The summed E-state index contributed by atoms with van der Waals surface area (Å²) in [6.45, 7) is 10.5. The van der Waals surface area contributed by atoms with E-state index in [1.807, 2.05) is 0 Å². The van der Waals surface area contributed by atoms with Crippen molar-refractivity contribution in [3.05, 3.63) is 29.8 Å². The van der Waals surface area contributed by atoms with E-state index < -0.39 is 0 Å². The third kappa shape index (κ3) is 6.06. The van der Waals surface area contributed by atoms with Crippen molar-refractivity contribution in [1.29, 1.82) is 0 Å². The zero-order chi connectivity index (χ0) is 15.1. The van der Waals surface area contributed by atoms with Gasteiger partial charge in [0.2, 0.25) is 0 Å². The van der Waals surface area contributed by atoms with Crippen molar-refractivity contribution >= 4 is 0 Å². The highest BCUT2D eigenvalue weighted by molar-refractivity contribution is 5.27. The molecule has 3 nitrogen and oxygen atoms in total. The van der Waals surface area contributed by atoms with Crippen LogP contribution in [0.2, 0.25) is 0 Å². The highest BCUT2D eigenvalue weighted by Gasteiger charge is 2.27. The number of nitrogens with zero attached hydrogens (tertiary/aromatic N) is 1. The fourth-order valence-electron chi connectivity index (χ4n) is 2.51. The van der Waals surface area contributed by atoms with E-state index in [0.717, 1.165) is 31.5 Å². The van der Waals surface area contributed by atoms with Crippen molar-refractivity contribution in [3.63, 3.8) is 0 Å². The Morgan fingerprint density at radius 2 is 1.90 bits per heavy atom. The van der Waals surface area contributed by atoms with Crippen molar-refractivity contribution in [2.45, 2.75) is 58.7 Å². The van der Waals surface area contributed by atoms with Crippen LogP contribution in [0.15, 0.2) is 24.3 Å². The summed E-state index contributed by atoms with van der Waals surface area (Å²) in [5.74, 6) is 0.982. The minimum Gasteiger partial charge on any atom is -0.492 e. The normalized spacial score (nSPS) is 14.9. The molecule has 0 radical (unpaired) electrons. The zero-order valence-corrected chi connectivity index (χ0v) is 13.8. The average Bonchev–Trinajstić information content (AvgIpc) is 3.30. The second-order valence-corrected chi connectivity index (χ2v) is 6.30. The van der Waals surface area contributed by atoms with Gasteiger partial charge in [0.15, 0.2) is 0 Å². The van der Waals surface area contributed by atoms with Gasteiger partial charge in [-0.25, -0.2) is 0 Å². The van der Waals surface area contributed by atoms with Crippen LogP contribution >= 0.6 is 0 Å². The van der Waals surface area contributed by atoms with Crippen molar-refractivity contribution in [2.75, 3.05) is 19.7 Å². The summed E-state index contributed by atoms with van der Waals surface area (Å²) in [4.78, 5) is 2.57. The molecule has 0 atom stereocenters. The van der Waals surface area contributed by atoms with Crippen LogP contribution in [0.1, 0.15) is 45.6 Å². The summed E-state index contributed by atoms with van der Waals surface area (Å²) in [6.07, 6.45) is 3.98. The van der Waals surface area contributed by atoms with Gasteiger partial charge < -0.3 is 10.1 Å². The summed E-state index contributed by atoms with van der Waals surface area (Å²) in [5, 5.41) is 3.43. The van der Waals surface area contributed by atoms with Crippen LogP contribution in [0.25, 0.3) is 0 Å². The van der Waals surface area contributed by atoms with Gasteiger partial charge in [-0.15, -0.1) is 0 Å². The minimum absolute atomic E-state index is 0.521. The highest BCUT2D eigenvalue weighted by atomic mass is 16.5. The molecular weight excluding hydrogens is 260 g/mol. The molecule has 0 aromatic heterocycles. The molecule has 1 aliphatic carbocycles. The van der Waals surface area contributed by atoms with Gasteiger partial charge in [0.1, 0.15) is 12.4 Å². The molecule has 0 unspecified atom stereocenters. The van der Waals surface area contributed by atoms with E-state index in [0.29, 0.717) is 6.04 Å². The second kappa shape index (κ2) is 8.40. The van der Waals surface area contributed by atoms with E-state index in [9.17, 15) is 0 Å². The number of hydrogen-bond donors (Lipinski definition) is 1. The predicted molar refractivity (Wildman–Crippen MR) is 88.8 cm³/mol. The molecule has 3 heteroatoms. The quantitative estimate of drug-likeness (QED) is 0.714. The van der Waals surface area contributed by atoms with Crippen molar-refractivity contribution in [1.82, 2.24) is 10.2 Å². The van der Waals surface area contributed by atoms with Gasteiger partial charge in [-0.2, -0.15) is 0 Å². The van der Waals surface area contributed by atoms with E-state index in [4.69, 9.17) is 4.74 Å². The average molecular weight is 290 g/mol. The molecule has 0 bridgehead atoms. The van der Waals surface area contributed by atoms with Crippen LogP contribution in [0, 0.1) is 0 Å². The van der Waals surface area contributed by atoms with Gasteiger partial charge >= 0.3 is 0 Å². The Morgan fingerprint density at radius 1 is 1.19 bits per heavy atom. The largest absolute Gasteiger partial charge is 0.492 e. The molecule has 21 heavy (non-hydrogen) atoms. The van der Waals surface area contributed by atoms with E-state index >= 15 is 0 Å². The van der Waals surface area contributed by atoms with Crippen molar-refractivity contribution in [3.8, 4) is 5.75 Å². The number of nitrogens with one attached hydrogen (secondary N) is 1. The van der Waals surface area contributed by atoms with Crippen LogP contribution in [0.3, 0.4) is 0 Å². The highest BCUT2D eigenvalue weighted by Crippen LogP contribution is 2.26. The molecule has 118 valence electrons. The Kier molecular flexibility index (Phi) is 6.52. The minimum atomic E-state index is 0.521. The van der Waals surface area contributed by atoms with Crippen LogP contribution < -0.4 is 10.1 Å². The lowest BCUT2D eigenvalue weighted by Gasteiger charge is -2.21. The predicted octanol–water partition coefficient (Wildman–Crippen LogP) is 3.44.